The van der Waals surface area contributed by atoms with Crippen molar-refractivity contribution in [2.45, 2.75) is 20.0 Å². The molecule has 88 valence electrons. The van der Waals surface area contributed by atoms with Crippen molar-refractivity contribution in [3.05, 3.63) is 69.7 Å². The smallest absolute Gasteiger partial charge is 0.104 e. The molecular formula is C15H15ClO. The highest BCUT2D eigenvalue weighted by Crippen LogP contribution is 2.27. The van der Waals surface area contributed by atoms with Crippen LogP contribution in [0.1, 0.15) is 28.4 Å². The maximum atomic E-state index is 10.3. The Morgan fingerprint density at radius 3 is 2.29 bits per heavy atom. The van der Waals surface area contributed by atoms with Crippen molar-refractivity contribution in [1.82, 2.24) is 0 Å². The van der Waals surface area contributed by atoms with Crippen molar-refractivity contribution in [2.24, 2.45) is 0 Å². The monoisotopic (exact) mass is 246 g/mol. The van der Waals surface area contributed by atoms with E-state index in [4.69, 9.17) is 11.6 Å². The molecule has 0 fully saturated rings. The van der Waals surface area contributed by atoms with Crippen LogP contribution in [0.15, 0.2) is 42.5 Å². The Kier molecular flexibility index (Phi) is 3.51. The number of aryl methyl sites for hydroxylation is 2. The quantitative estimate of drug-likeness (QED) is 0.848. The predicted molar refractivity (Wildman–Crippen MR) is 71.4 cm³/mol. The van der Waals surface area contributed by atoms with E-state index in [1.54, 1.807) is 0 Å². The first-order valence-corrected chi connectivity index (χ1v) is 5.96. The minimum Gasteiger partial charge on any atom is -0.384 e. The summed E-state index contributed by atoms with van der Waals surface area (Å²) in [6.07, 6.45) is -0.616. The fraction of sp³-hybridized carbons (Fsp3) is 0.200. The second kappa shape index (κ2) is 4.91. The molecule has 1 N–H and O–H groups in total. The SMILES string of the molecule is Cc1ccc(C(O)c2cc(Cl)ccc2C)cc1. The van der Waals surface area contributed by atoms with Crippen molar-refractivity contribution in [3.63, 3.8) is 0 Å². The van der Waals surface area contributed by atoms with Crippen LogP contribution in [0.2, 0.25) is 5.02 Å². The molecule has 0 heterocycles. The normalized spacial score (nSPS) is 12.5. The minimum atomic E-state index is -0.616. The van der Waals surface area contributed by atoms with Crippen LogP contribution < -0.4 is 0 Å². The molecule has 0 bridgehead atoms. The summed E-state index contributed by atoms with van der Waals surface area (Å²) in [5, 5.41) is 11.0. The van der Waals surface area contributed by atoms with Gasteiger partial charge in [0.25, 0.3) is 0 Å². The number of halogens is 1. The Bertz CT molecular complexity index is 517. The fourth-order valence-electron chi connectivity index (χ4n) is 1.83. The van der Waals surface area contributed by atoms with Crippen molar-refractivity contribution >= 4 is 11.6 Å². The number of hydrogen-bond acceptors (Lipinski definition) is 1. The standard InChI is InChI=1S/C15H15ClO/c1-10-3-6-12(7-4-10)15(17)14-9-13(16)8-5-11(14)2/h3-9,15,17H,1-2H3. The lowest BCUT2D eigenvalue weighted by Gasteiger charge is -2.14. The lowest BCUT2D eigenvalue weighted by atomic mass is 9.97. The molecule has 2 aromatic rings. The van der Waals surface area contributed by atoms with Crippen molar-refractivity contribution in [3.8, 4) is 0 Å². The zero-order valence-corrected chi connectivity index (χ0v) is 10.7. The van der Waals surface area contributed by atoms with Gasteiger partial charge in [0.1, 0.15) is 6.10 Å². The highest BCUT2D eigenvalue weighted by Gasteiger charge is 2.12. The Labute approximate surface area is 107 Å². The summed E-state index contributed by atoms with van der Waals surface area (Å²) >= 11 is 5.96. The highest BCUT2D eigenvalue weighted by atomic mass is 35.5. The van der Waals surface area contributed by atoms with Crippen LogP contribution in [0.4, 0.5) is 0 Å². The third-order valence-electron chi connectivity index (χ3n) is 2.93. The summed E-state index contributed by atoms with van der Waals surface area (Å²) < 4.78 is 0. The topological polar surface area (TPSA) is 20.2 Å². The number of benzene rings is 2. The minimum absolute atomic E-state index is 0.616. The first-order chi connectivity index (χ1) is 8.08. The molecule has 0 aliphatic heterocycles. The van der Waals surface area contributed by atoms with Gasteiger partial charge in [0.05, 0.1) is 0 Å². The number of rotatable bonds is 2. The van der Waals surface area contributed by atoms with Gasteiger partial charge in [-0.25, -0.2) is 0 Å². The second-order valence-electron chi connectivity index (χ2n) is 4.31. The van der Waals surface area contributed by atoms with Crippen LogP contribution in [-0.2, 0) is 0 Å². The molecule has 2 aromatic carbocycles. The van der Waals surface area contributed by atoms with Gasteiger partial charge in [0.2, 0.25) is 0 Å². The van der Waals surface area contributed by atoms with Crippen molar-refractivity contribution < 1.29 is 5.11 Å². The van der Waals surface area contributed by atoms with E-state index in [9.17, 15) is 5.11 Å². The van der Waals surface area contributed by atoms with Crippen LogP contribution in [0.5, 0.6) is 0 Å². The molecule has 0 aliphatic rings. The lowest BCUT2D eigenvalue weighted by molar-refractivity contribution is 0.219. The molecule has 0 saturated carbocycles. The average molecular weight is 247 g/mol. The zero-order valence-electron chi connectivity index (χ0n) is 9.94. The summed E-state index contributed by atoms with van der Waals surface area (Å²) in [5.74, 6) is 0. The van der Waals surface area contributed by atoms with Gasteiger partial charge in [0.15, 0.2) is 0 Å². The van der Waals surface area contributed by atoms with Gasteiger partial charge in [-0.05, 0) is 42.7 Å². The van der Waals surface area contributed by atoms with E-state index in [0.717, 1.165) is 16.7 Å². The molecule has 2 rings (SSSR count). The fourth-order valence-corrected chi connectivity index (χ4v) is 2.01. The second-order valence-corrected chi connectivity index (χ2v) is 4.75. The maximum absolute atomic E-state index is 10.3. The van der Waals surface area contributed by atoms with E-state index < -0.39 is 6.10 Å². The molecule has 0 saturated heterocycles. The Morgan fingerprint density at radius 2 is 1.65 bits per heavy atom. The van der Waals surface area contributed by atoms with E-state index in [2.05, 4.69) is 0 Å². The van der Waals surface area contributed by atoms with E-state index in [0.29, 0.717) is 5.02 Å². The summed E-state index contributed by atoms with van der Waals surface area (Å²) in [4.78, 5) is 0. The van der Waals surface area contributed by atoms with Gasteiger partial charge in [-0.3, -0.25) is 0 Å². The third kappa shape index (κ3) is 2.68. The molecule has 0 aliphatic carbocycles. The van der Waals surface area contributed by atoms with E-state index in [1.807, 2.05) is 56.3 Å². The molecule has 2 heteroatoms. The van der Waals surface area contributed by atoms with Crippen LogP contribution in [-0.4, -0.2) is 5.11 Å². The van der Waals surface area contributed by atoms with E-state index in [-0.39, 0.29) is 0 Å². The van der Waals surface area contributed by atoms with Crippen molar-refractivity contribution in [2.75, 3.05) is 0 Å². The van der Waals surface area contributed by atoms with E-state index >= 15 is 0 Å². The molecule has 17 heavy (non-hydrogen) atoms. The van der Waals surface area contributed by atoms with Crippen LogP contribution in [0.25, 0.3) is 0 Å². The summed E-state index contributed by atoms with van der Waals surface area (Å²) in [6.45, 7) is 4.00. The molecule has 0 radical (unpaired) electrons. The molecule has 1 atom stereocenters. The molecule has 1 nitrogen and oxygen atoms in total. The lowest BCUT2D eigenvalue weighted by Crippen LogP contribution is -2.01. The van der Waals surface area contributed by atoms with Gasteiger partial charge >= 0.3 is 0 Å². The van der Waals surface area contributed by atoms with E-state index in [1.165, 1.54) is 5.56 Å². The predicted octanol–water partition coefficient (Wildman–Crippen LogP) is 4.04. The van der Waals surface area contributed by atoms with Crippen LogP contribution in [0.3, 0.4) is 0 Å². The van der Waals surface area contributed by atoms with Gasteiger partial charge in [-0.15, -0.1) is 0 Å². The van der Waals surface area contributed by atoms with Crippen LogP contribution >= 0.6 is 11.6 Å². The summed E-state index contributed by atoms with van der Waals surface area (Å²) in [5.41, 5.74) is 3.98. The maximum Gasteiger partial charge on any atom is 0.104 e. The average Bonchev–Trinajstić information content (AvgIpc) is 2.32. The Hall–Kier alpha value is -1.31. The summed E-state index contributed by atoms with van der Waals surface area (Å²) in [6, 6.07) is 13.5. The summed E-state index contributed by atoms with van der Waals surface area (Å²) in [7, 11) is 0. The molecular weight excluding hydrogens is 232 g/mol. The Morgan fingerprint density at radius 1 is 1.00 bits per heavy atom. The molecule has 1 unspecified atom stereocenters. The Balaban J connectivity index is 2.39. The van der Waals surface area contributed by atoms with Crippen molar-refractivity contribution in [1.29, 1.82) is 0 Å². The zero-order chi connectivity index (χ0) is 12.4. The number of aliphatic hydroxyl groups excluding tert-OH is 1. The van der Waals surface area contributed by atoms with Gasteiger partial charge < -0.3 is 5.11 Å². The third-order valence-corrected chi connectivity index (χ3v) is 3.16. The first-order valence-electron chi connectivity index (χ1n) is 5.58. The van der Waals surface area contributed by atoms with Crippen LogP contribution in [0, 0.1) is 13.8 Å². The number of aliphatic hydroxyl groups is 1. The van der Waals surface area contributed by atoms with Gasteiger partial charge in [-0.2, -0.15) is 0 Å². The van der Waals surface area contributed by atoms with Gasteiger partial charge in [0, 0.05) is 5.02 Å². The largest absolute Gasteiger partial charge is 0.384 e. The number of hydrogen-bond donors (Lipinski definition) is 1. The highest BCUT2D eigenvalue weighted by molar-refractivity contribution is 6.30. The van der Waals surface area contributed by atoms with Gasteiger partial charge in [-0.1, -0.05) is 47.5 Å². The molecule has 0 spiro atoms. The first kappa shape index (κ1) is 12.2. The molecule has 0 amide bonds. The molecule has 0 aromatic heterocycles.